The number of nitrogens with two attached hydrogens (primary N) is 1. The third-order valence-electron chi connectivity index (χ3n) is 3.90. The van der Waals surface area contributed by atoms with E-state index in [2.05, 4.69) is 11.8 Å². The van der Waals surface area contributed by atoms with E-state index < -0.39 is 0 Å². The van der Waals surface area contributed by atoms with E-state index in [4.69, 9.17) is 18.0 Å². The van der Waals surface area contributed by atoms with E-state index in [1.54, 1.807) is 18.2 Å². The highest BCUT2D eigenvalue weighted by molar-refractivity contribution is 7.80. The maximum Gasteiger partial charge on any atom is 0.137 e. The van der Waals surface area contributed by atoms with Gasteiger partial charge in [-0.3, -0.25) is 4.90 Å². The minimum absolute atomic E-state index is 0.0767. The van der Waals surface area contributed by atoms with Gasteiger partial charge in [-0.05, 0) is 24.9 Å². The van der Waals surface area contributed by atoms with Gasteiger partial charge in [-0.25, -0.2) is 4.39 Å². The molecule has 2 rings (SSSR count). The van der Waals surface area contributed by atoms with Crippen molar-refractivity contribution in [3.05, 3.63) is 35.1 Å². The van der Waals surface area contributed by atoms with Gasteiger partial charge in [0.1, 0.15) is 10.8 Å². The number of hydrogen-bond donors (Lipinski definition) is 2. The Bertz CT molecular complexity index is 481. The normalized spacial score (nSPS) is 23.7. The Balaban J connectivity index is 2.20. The number of nitrogens with zero attached hydrogens (tertiary/aromatic N) is 1. The molecule has 0 saturated carbocycles. The largest absolute Gasteiger partial charge is 0.395 e. The van der Waals surface area contributed by atoms with Crippen LogP contribution in [0.3, 0.4) is 0 Å². The molecule has 1 heterocycles. The second-order valence-electron chi connectivity index (χ2n) is 5.13. The lowest BCUT2D eigenvalue weighted by molar-refractivity contribution is 0.133. The summed E-state index contributed by atoms with van der Waals surface area (Å²) in [6.45, 7) is 3.58. The van der Waals surface area contributed by atoms with Crippen molar-refractivity contribution in [2.24, 2.45) is 11.7 Å². The number of hydrogen-bond acceptors (Lipinski definition) is 3. The zero-order chi connectivity index (χ0) is 14.0. The Morgan fingerprint density at radius 3 is 2.95 bits per heavy atom. The molecule has 2 atom stereocenters. The van der Waals surface area contributed by atoms with Gasteiger partial charge in [0.2, 0.25) is 0 Å². The summed E-state index contributed by atoms with van der Waals surface area (Å²) in [5, 5.41) is 9.42. The average Bonchev–Trinajstić information content (AvgIpc) is 2.72. The molecule has 1 fully saturated rings. The Morgan fingerprint density at radius 1 is 1.58 bits per heavy atom. The maximum absolute atomic E-state index is 14.2. The monoisotopic (exact) mass is 282 g/mol. The van der Waals surface area contributed by atoms with E-state index in [1.165, 1.54) is 0 Å². The lowest BCUT2D eigenvalue weighted by Crippen LogP contribution is -2.35. The van der Waals surface area contributed by atoms with Crippen LogP contribution in [0.1, 0.15) is 24.5 Å². The van der Waals surface area contributed by atoms with Crippen LogP contribution in [0.25, 0.3) is 0 Å². The molecular weight excluding hydrogens is 263 g/mol. The predicted octanol–water partition coefficient (Wildman–Crippen LogP) is 1.66. The molecule has 1 saturated heterocycles. The molecule has 1 aliphatic heterocycles. The van der Waals surface area contributed by atoms with Gasteiger partial charge in [-0.15, -0.1) is 0 Å². The molecule has 0 spiro atoms. The second-order valence-corrected chi connectivity index (χ2v) is 5.57. The Kier molecular flexibility index (Phi) is 4.50. The topological polar surface area (TPSA) is 49.5 Å². The van der Waals surface area contributed by atoms with Crippen LogP contribution in [-0.4, -0.2) is 34.2 Å². The smallest absolute Gasteiger partial charge is 0.137 e. The molecule has 1 aromatic rings. The first-order valence-electron chi connectivity index (χ1n) is 6.46. The molecule has 104 valence electrons. The Morgan fingerprint density at radius 2 is 2.32 bits per heavy atom. The van der Waals surface area contributed by atoms with Gasteiger partial charge in [0, 0.05) is 23.7 Å². The van der Waals surface area contributed by atoms with E-state index in [9.17, 15) is 9.50 Å². The lowest BCUT2D eigenvalue weighted by Gasteiger charge is -2.25. The predicted molar refractivity (Wildman–Crippen MR) is 77.4 cm³/mol. The van der Waals surface area contributed by atoms with E-state index in [-0.39, 0.29) is 23.5 Å². The summed E-state index contributed by atoms with van der Waals surface area (Å²) >= 11 is 4.84. The van der Waals surface area contributed by atoms with Crippen LogP contribution in [0.5, 0.6) is 0 Å². The van der Waals surface area contributed by atoms with E-state index in [0.29, 0.717) is 23.6 Å². The summed E-state index contributed by atoms with van der Waals surface area (Å²) in [6, 6.07) is 5.21. The third-order valence-corrected chi connectivity index (χ3v) is 4.12. The highest BCUT2D eigenvalue weighted by Crippen LogP contribution is 2.26. The molecule has 0 aromatic heterocycles. The summed E-state index contributed by atoms with van der Waals surface area (Å²) in [6.07, 6.45) is 1.03. The average molecular weight is 282 g/mol. The van der Waals surface area contributed by atoms with Crippen LogP contribution in [0.2, 0.25) is 0 Å². The van der Waals surface area contributed by atoms with Gasteiger partial charge in [-0.2, -0.15) is 0 Å². The SMILES string of the molecule is CC1CCN(Cc2cccc(C(N)=S)c2F)C1CO. The summed E-state index contributed by atoms with van der Waals surface area (Å²) < 4.78 is 14.2. The van der Waals surface area contributed by atoms with Crippen molar-refractivity contribution in [1.29, 1.82) is 0 Å². The first-order chi connectivity index (χ1) is 9.04. The minimum atomic E-state index is -0.341. The zero-order valence-electron chi connectivity index (χ0n) is 11.0. The number of likely N-dealkylation sites (tertiary alicyclic amines) is 1. The van der Waals surface area contributed by atoms with Crippen molar-refractivity contribution >= 4 is 17.2 Å². The molecule has 0 amide bonds. The first kappa shape index (κ1) is 14.4. The van der Waals surface area contributed by atoms with Gasteiger partial charge in [0.25, 0.3) is 0 Å². The lowest BCUT2D eigenvalue weighted by atomic mass is 10.0. The number of rotatable bonds is 4. The fourth-order valence-corrected chi connectivity index (χ4v) is 2.85. The highest BCUT2D eigenvalue weighted by Gasteiger charge is 2.30. The van der Waals surface area contributed by atoms with E-state index in [1.807, 2.05) is 0 Å². The van der Waals surface area contributed by atoms with Crippen molar-refractivity contribution < 1.29 is 9.50 Å². The number of halogens is 1. The molecule has 3 nitrogen and oxygen atoms in total. The third kappa shape index (κ3) is 2.94. The van der Waals surface area contributed by atoms with Crippen LogP contribution >= 0.6 is 12.2 Å². The fourth-order valence-electron chi connectivity index (χ4n) is 2.69. The van der Waals surface area contributed by atoms with E-state index >= 15 is 0 Å². The van der Waals surface area contributed by atoms with Gasteiger partial charge in [0.15, 0.2) is 0 Å². The number of aliphatic hydroxyl groups is 1. The highest BCUT2D eigenvalue weighted by atomic mass is 32.1. The van der Waals surface area contributed by atoms with Gasteiger partial charge < -0.3 is 10.8 Å². The molecule has 5 heteroatoms. The molecule has 0 aliphatic carbocycles. The molecule has 3 N–H and O–H groups in total. The number of thiocarbonyl (C=S) groups is 1. The molecule has 1 aromatic carbocycles. The molecule has 19 heavy (non-hydrogen) atoms. The quantitative estimate of drug-likeness (QED) is 0.825. The van der Waals surface area contributed by atoms with Crippen molar-refractivity contribution in [2.75, 3.05) is 13.2 Å². The standard InChI is InChI=1S/C14H19FN2OS/c1-9-5-6-17(12(9)8-18)7-10-3-2-4-11(13(10)15)14(16)19/h2-4,9,12,18H,5-8H2,1H3,(H2,16,19). The number of benzene rings is 1. The molecule has 0 radical (unpaired) electrons. The number of aliphatic hydroxyl groups excluding tert-OH is 1. The van der Waals surface area contributed by atoms with Gasteiger partial charge >= 0.3 is 0 Å². The first-order valence-corrected chi connectivity index (χ1v) is 6.87. The van der Waals surface area contributed by atoms with Crippen molar-refractivity contribution in [3.63, 3.8) is 0 Å². The molecule has 2 unspecified atom stereocenters. The molecular formula is C14H19FN2OS. The van der Waals surface area contributed by atoms with Crippen LogP contribution in [-0.2, 0) is 6.54 Å². The molecule has 1 aliphatic rings. The van der Waals surface area contributed by atoms with Crippen LogP contribution in [0.4, 0.5) is 4.39 Å². The zero-order valence-corrected chi connectivity index (χ0v) is 11.8. The van der Waals surface area contributed by atoms with Crippen molar-refractivity contribution in [3.8, 4) is 0 Å². The van der Waals surface area contributed by atoms with Gasteiger partial charge in [-0.1, -0.05) is 31.3 Å². The molecule has 0 bridgehead atoms. The van der Waals surface area contributed by atoms with Crippen LogP contribution in [0.15, 0.2) is 18.2 Å². The summed E-state index contributed by atoms with van der Waals surface area (Å²) in [5.41, 5.74) is 6.38. The van der Waals surface area contributed by atoms with Crippen molar-refractivity contribution in [1.82, 2.24) is 4.90 Å². The fraction of sp³-hybridized carbons (Fsp3) is 0.500. The van der Waals surface area contributed by atoms with E-state index in [0.717, 1.165) is 13.0 Å². The second kappa shape index (κ2) is 5.94. The maximum atomic E-state index is 14.2. The Hall–Kier alpha value is -1.04. The van der Waals surface area contributed by atoms with Crippen molar-refractivity contribution in [2.45, 2.75) is 25.9 Å². The summed E-state index contributed by atoms with van der Waals surface area (Å²) in [7, 11) is 0. The van der Waals surface area contributed by atoms with Crippen LogP contribution in [0, 0.1) is 11.7 Å². The summed E-state index contributed by atoms with van der Waals surface area (Å²) in [5.74, 6) is 0.0954. The minimum Gasteiger partial charge on any atom is -0.395 e. The summed E-state index contributed by atoms with van der Waals surface area (Å²) in [4.78, 5) is 2.19. The van der Waals surface area contributed by atoms with Gasteiger partial charge in [0.05, 0.1) is 6.61 Å². The Labute approximate surface area is 118 Å². The van der Waals surface area contributed by atoms with Crippen LogP contribution < -0.4 is 5.73 Å².